The molecule has 2 N–H and O–H groups in total. The SMILES string of the molecule is c1cc(CNCc2ncc[nH]2)cc(C2CC2)c1. The van der Waals surface area contributed by atoms with Gasteiger partial charge in [0.15, 0.2) is 0 Å². The van der Waals surface area contributed by atoms with Gasteiger partial charge >= 0.3 is 0 Å². The normalized spacial score (nSPS) is 15.1. The van der Waals surface area contributed by atoms with Crippen molar-refractivity contribution in [3.05, 3.63) is 53.6 Å². The van der Waals surface area contributed by atoms with Crippen molar-refractivity contribution in [3.8, 4) is 0 Å². The number of rotatable bonds is 5. The van der Waals surface area contributed by atoms with E-state index in [1.165, 1.54) is 24.0 Å². The minimum absolute atomic E-state index is 0.792. The minimum atomic E-state index is 0.792. The zero-order valence-electron chi connectivity index (χ0n) is 9.82. The Labute approximate surface area is 101 Å². The Hall–Kier alpha value is -1.61. The van der Waals surface area contributed by atoms with E-state index in [4.69, 9.17) is 0 Å². The molecule has 0 bridgehead atoms. The summed E-state index contributed by atoms with van der Waals surface area (Å²) in [5.74, 6) is 1.82. The van der Waals surface area contributed by atoms with Gasteiger partial charge in [0, 0.05) is 18.9 Å². The molecule has 3 heteroatoms. The molecule has 3 nitrogen and oxygen atoms in total. The lowest BCUT2D eigenvalue weighted by Gasteiger charge is -2.05. The van der Waals surface area contributed by atoms with Gasteiger partial charge in [0.25, 0.3) is 0 Å². The van der Waals surface area contributed by atoms with Crippen LogP contribution < -0.4 is 5.32 Å². The van der Waals surface area contributed by atoms with Crippen molar-refractivity contribution in [2.24, 2.45) is 0 Å². The van der Waals surface area contributed by atoms with Crippen molar-refractivity contribution in [1.29, 1.82) is 0 Å². The largest absolute Gasteiger partial charge is 0.348 e. The molecule has 2 aromatic rings. The van der Waals surface area contributed by atoms with Gasteiger partial charge < -0.3 is 10.3 Å². The first kappa shape index (κ1) is 10.5. The Bertz CT molecular complexity index is 472. The van der Waals surface area contributed by atoms with Crippen LogP contribution >= 0.6 is 0 Å². The Kier molecular flexibility index (Phi) is 2.92. The lowest BCUT2D eigenvalue weighted by Crippen LogP contribution is -2.13. The first-order chi connectivity index (χ1) is 8.42. The predicted octanol–water partition coefficient (Wildman–Crippen LogP) is 2.58. The van der Waals surface area contributed by atoms with Gasteiger partial charge in [0.2, 0.25) is 0 Å². The summed E-state index contributed by atoms with van der Waals surface area (Å²) in [5.41, 5.74) is 2.86. The van der Waals surface area contributed by atoms with Crippen molar-refractivity contribution in [2.45, 2.75) is 31.8 Å². The third-order valence-electron chi connectivity index (χ3n) is 3.18. The van der Waals surface area contributed by atoms with E-state index in [0.717, 1.165) is 24.8 Å². The molecule has 1 saturated carbocycles. The monoisotopic (exact) mass is 227 g/mol. The van der Waals surface area contributed by atoms with Gasteiger partial charge in [-0.15, -0.1) is 0 Å². The van der Waals surface area contributed by atoms with Crippen LogP contribution in [0, 0.1) is 0 Å². The van der Waals surface area contributed by atoms with E-state index in [0.29, 0.717) is 0 Å². The van der Waals surface area contributed by atoms with E-state index in [1.807, 2.05) is 6.20 Å². The van der Waals surface area contributed by atoms with Gasteiger partial charge in [0.05, 0.1) is 6.54 Å². The number of nitrogens with zero attached hydrogens (tertiary/aromatic N) is 1. The average molecular weight is 227 g/mol. The summed E-state index contributed by atoms with van der Waals surface area (Å²) in [4.78, 5) is 7.27. The maximum absolute atomic E-state index is 4.19. The Balaban J connectivity index is 1.55. The Morgan fingerprint density at radius 2 is 2.24 bits per heavy atom. The summed E-state index contributed by atoms with van der Waals surface area (Å²) in [6.07, 6.45) is 6.36. The molecule has 0 unspecified atom stereocenters. The summed E-state index contributed by atoms with van der Waals surface area (Å²) >= 11 is 0. The van der Waals surface area contributed by atoms with E-state index >= 15 is 0 Å². The smallest absolute Gasteiger partial charge is 0.120 e. The molecule has 3 rings (SSSR count). The van der Waals surface area contributed by atoms with Gasteiger partial charge in [-0.3, -0.25) is 0 Å². The van der Waals surface area contributed by atoms with E-state index in [1.54, 1.807) is 6.20 Å². The number of imidazole rings is 1. The molecule has 1 aliphatic carbocycles. The van der Waals surface area contributed by atoms with Gasteiger partial charge in [-0.25, -0.2) is 4.98 Å². The molecular weight excluding hydrogens is 210 g/mol. The molecule has 0 radical (unpaired) electrons. The van der Waals surface area contributed by atoms with Crippen LogP contribution in [0.25, 0.3) is 0 Å². The lowest BCUT2D eigenvalue weighted by molar-refractivity contribution is 0.668. The van der Waals surface area contributed by atoms with Gasteiger partial charge in [-0.2, -0.15) is 0 Å². The van der Waals surface area contributed by atoms with Crippen LogP contribution in [0.3, 0.4) is 0 Å². The van der Waals surface area contributed by atoms with Crippen molar-refractivity contribution < 1.29 is 0 Å². The van der Waals surface area contributed by atoms with Crippen molar-refractivity contribution in [1.82, 2.24) is 15.3 Å². The van der Waals surface area contributed by atoms with Crippen LogP contribution in [0.15, 0.2) is 36.7 Å². The molecule has 0 aliphatic heterocycles. The third kappa shape index (κ3) is 2.74. The van der Waals surface area contributed by atoms with Crippen LogP contribution in [0.5, 0.6) is 0 Å². The van der Waals surface area contributed by atoms with Crippen LogP contribution in [0.2, 0.25) is 0 Å². The highest BCUT2D eigenvalue weighted by atomic mass is 15.0. The van der Waals surface area contributed by atoms with Gasteiger partial charge in [-0.05, 0) is 29.9 Å². The second kappa shape index (κ2) is 4.72. The molecule has 88 valence electrons. The number of hydrogen-bond acceptors (Lipinski definition) is 2. The highest BCUT2D eigenvalue weighted by Gasteiger charge is 2.23. The summed E-state index contributed by atoms with van der Waals surface area (Å²) in [6, 6.07) is 8.92. The van der Waals surface area contributed by atoms with Gasteiger partial charge in [-0.1, -0.05) is 24.3 Å². The first-order valence-electron chi connectivity index (χ1n) is 6.19. The molecule has 1 aromatic heterocycles. The summed E-state index contributed by atoms with van der Waals surface area (Å²) in [7, 11) is 0. The Morgan fingerprint density at radius 1 is 1.29 bits per heavy atom. The fourth-order valence-electron chi connectivity index (χ4n) is 2.09. The van der Waals surface area contributed by atoms with Crippen LogP contribution in [0.4, 0.5) is 0 Å². The van der Waals surface area contributed by atoms with Crippen LogP contribution in [-0.2, 0) is 13.1 Å². The zero-order chi connectivity index (χ0) is 11.5. The molecule has 1 heterocycles. The molecule has 0 spiro atoms. The van der Waals surface area contributed by atoms with Crippen molar-refractivity contribution in [3.63, 3.8) is 0 Å². The van der Waals surface area contributed by atoms with E-state index in [9.17, 15) is 0 Å². The zero-order valence-corrected chi connectivity index (χ0v) is 9.82. The molecule has 0 amide bonds. The summed E-state index contributed by atoms with van der Waals surface area (Å²) < 4.78 is 0. The fourth-order valence-corrected chi connectivity index (χ4v) is 2.09. The van der Waals surface area contributed by atoms with E-state index in [2.05, 4.69) is 39.6 Å². The van der Waals surface area contributed by atoms with Crippen LogP contribution in [-0.4, -0.2) is 9.97 Å². The Morgan fingerprint density at radius 3 is 3.00 bits per heavy atom. The number of hydrogen-bond donors (Lipinski definition) is 2. The quantitative estimate of drug-likeness (QED) is 0.824. The second-order valence-electron chi connectivity index (χ2n) is 4.66. The maximum atomic E-state index is 4.19. The van der Waals surface area contributed by atoms with Crippen molar-refractivity contribution >= 4 is 0 Å². The van der Waals surface area contributed by atoms with Crippen molar-refractivity contribution in [2.75, 3.05) is 0 Å². The first-order valence-corrected chi connectivity index (χ1v) is 6.19. The highest BCUT2D eigenvalue weighted by molar-refractivity contribution is 5.29. The fraction of sp³-hybridized carbons (Fsp3) is 0.357. The topological polar surface area (TPSA) is 40.7 Å². The molecule has 1 aromatic carbocycles. The van der Waals surface area contributed by atoms with Crippen LogP contribution in [0.1, 0.15) is 35.7 Å². The molecule has 1 fully saturated rings. The predicted molar refractivity (Wildman–Crippen MR) is 67.5 cm³/mol. The molecule has 17 heavy (non-hydrogen) atoms. The molecule has 0 atom stereocenters. The number of H-pyrrole nitrogens is 1. The summed E-state index contributed by atoms with van der Waals surface area (Å²) in [5, 5.41) is 3.40. The summed E-state index contributed by atoms with van der Waals surface area (Å²) in [6.45, 7) is 1.70. The lowest BCUT2D eigenvalue weighted by atomic mass is 10.1. The number of benzene rings is 1. The van der Waals surface area contributed by atoms with E-state index < -0.39 is 0 Å². The molecular formula is C14H17N3. The number of aromatic nitrogens is 2. The standard InChI is InChI=1S/C14H17N3/c1-2-11(8-13(3-1)12-4-5-12)9-15-10-14-16-6-7-17-14/h1-3,6-8,12,15H,4-5,9-10H2,(H,16,17). The van der Waals surface area contributed by atoms with E-state index in [-0.39, 0.29) is 0 Å². The maximum Gasteiger partial charge on any atom is 0.120 e. The third-order valence-corrected chi connectivity index (χ3v) is 3.18. The molecule has 0 saturated heterocycles. The highest BCUT2D eigenvalue weighted by Crippen LogP contribution is 2.40. The average Bonchev–Trinajstić information content (AvgIpc) is 3.09. The number of aromatic amines is 1. The van der Waals surface area contributed by atoms with Gasteiger partial charge in [0.1, 0.15) is 5.82 Å². The minimum Gasteiger partial charge on any atom is -0.348 e. The molecule has 1 aliphatic rings. The second-order valence-corrected chi connectivity index (χ2v) is 4.66. The number of nitrogens with one attached hydrogen (secondary N) is 2.